The first-order valence-electron chi connectivity index (χ1n) is 10.0. The Kier molecular flexibility index (Phi) is 5.33. The van der Waals surface area contributed by atoms with Crippen molar-refractivity contribution >= 4 is 32.7 Å². The maximum absolute atomic E-state index is 13.2. The van der Waals surface area contributed by atoms with E-state index in [1.165, 1.54) is 4.31 Å². The number of anilines is 1. The van der Waals surface area contributed by atoms with Crippen molar-refractivity contribution in [3.63, 3.8) is 0 Å². The van der Waals surface area contributed by atoms with E-state index in [0.29, 0.717) is 41.1 Å². The molecule has 0 radical (unpaired) electrons. The van der Waals surface area contributed by atoms with Crippen molar-refractivity contribution in [2.75, 3.05) is 18.4 Å². The zero-order valence-corrected chi connectivity index (χ0v) is 18.2. The Morgan fingerprint density at radius 1 is 1.10 bits per heavy atom. The summed E-state index contributed by atoms with van der Waals surface area (Å²) in [5.41, 5.74) is 2.70. The Morgan fingerprint density at radius 2 is 1.80 bits per heavy atom. The van der Waals surface area contributed by atoms with E-state index in [1.807, 2.05) is 13.8 Å². The van der Waals surface area contributed by atoms with Gasteiger partial charge in [0.05, 0.1) is 22.3 Å². The van der Waals surface area contributed by atoms with Crippen LogP contribution >= 0.6 is 0 Å². The number of para-hydroxylation sites is 1. The summed E-state index contributed by atoms with van der Waals surface area (Å²) in [5, 5.41) is 7.85. The highest BCUT2D eigenvalue weighted by Crippen LogP contribution is 2.28. The van der Waals surface area contributed by atoms with Crippen LogP contribution in [0.25, 0.3) is 11.0 Å². The molecule has 1 N–H and O–H groups in total. The van der Waals surface area contributed by atoms with E-state index >= 15 is 0 Å². The number of piperidine rings is 1. The van der Waals surface area contributed by atoms with Gasteiger partial charge in [0.25, 0.3) is 5.91 Å². The van der Waals surface area contributed by atoms with Crippen LogP contribution in [0.1, 0.15) is 41.0 Å². The number of sulfonamides is 1. The normalized spacial score (nSPS) is 15.4. The average molecular weight is 428 g/mol. The van der Waals surface area contributed by atoms with Gasteiger partial charge >= 0.3 is 0 Å². The summed E-state index contributed by atoms with van der Waals surface area (Å²) in [6.45, 7) is 4.64. The van der Waals surface area contributed by atoms with Crippen molar-refractivity contribution in [2.45, 2.75) is 38.0 Å². The van der Waals surface area contributed by atoms with Crippen LogP contribution in [0, 0.1) is 13.8 Å². The van der Waals surface area contributed by atoms with Gasteiger partial charge in [-0.1, -0.05) is 18.6 Å². The standard InChI is InChI=1S/C21H25N5O3S/c1-14-13-16(19-15(2)24-25(3)20(19)22-14)21(27)23-17-9-5-6-10-18(17)30(28,29)26-11-7-4-8-12-26/h5-6,9-10,13H,4,7-8,11-12H2,1-3H3,(H,23,27). The number of carbonyl (C=O) groups excluding carboxylic acids is 1. The van der Waals surface area contributed by atoms with Gasteiger partial charge in [0.1, 0.15) is 4.90 Å². The fourth-order valence-electron chi connectivity index (χ4n) is 3.98. The van der Waals surface area contributed by atoms with Crippen LogP contribution in [0.15, 0.2) is 35.2 Å². The molecule has 0 aliphatic carbocycles. The number of hydrogen-bond acceptors (Lipinski definition) is 5. The van der Waals surface area contributed by atoms with E-state index in [0.717, 1.165) is 19.3 Å². The molecule has 4 rings (SSSR count). The van der Waals surface area contributed by atoms with Gasteiger partial charge in [0.2, 0.25) is 10.0 Å². The fraction of sp³-hybridized carbons (Fsp3) is 0.381. The molecule has 1 aliphatic rings. The average Bonchev–Trinajstić information content (AvgIpc) is 3.01. The van der Waals surface area contributed by atoms with E-state index in [4.69, 9.17) is 0 Å². The number of rotatable bonds is 4. The minimum Gasteiger partial charge on any atom is -0.321 e. The smallest absolute Gasteiger partial charge is 0.256 e. The van der Waals surface area contributed by atoms with E-state index in [2.05, 4.69) is 15.4 Å². The molecule has 30 heavy (non-hydrogen) atoms. The molecule has 1 aromatic carbocycles. The molecule has 0 saturated carbocycles. The van der Waals surface area contributed by atoms with Crippen LogP contribution in [0.4, 0.5) is 5.69 Å². The minimum absolute atomic E-state index is 0.116. The van der Waals surface area contributed by atoms with E-state index in [-0.39, 0.29) is 16.5 Å². The van der Waals surface area contributed by atoms with Crippen molar-refractivity contribution in [1.29, 1.82) is 0 Å². The Balaban J connectivity index is 1.73. The number of pyridine rings is 1. The largest absolute Gasteiger partial charge is 0.321 e. The summed E-state index contributed by atoms with van der Waals surface area (Å²) < 4.78 is 29.5. The van der Waals surface area contributed by atoms with Crippen LogP contribution < -0.4 is 5.32 Å². The lowest BCUT2D eigenvalue weighted by Crippen LogP contribution is -2.36. The van der Waals surface area contributed by atoms with E-state index in [9.17, 15) is 13.2 Å². The summed E-state index contributed by atoms with van der Waals surface area (Å²) in [5.74, 6) is -0.386. The van der Waals surface area contributed by atoms with Crippen molar-refractivity contribution < 1.29 is 13.2 Å². The first kappa shape index (κ1) is 20.5. The lowest BCUT2D eigenvalue weighted by Gasteiger charge is -2.26. The number of hydrogen-bond donors (Lipinski definition) is 1. The lowest BCUT2D eigenvalue weighted by atomic mass is 10.1. The van der Waals surface area contributed by atoms with Gasteiger partial charge in [-0.05, 0) is 44.9 Å². The predicted molar refractivity (Wildman–Crippen MR) is 115 cm³/mol. The van der Waals surface area contributed by atoms with Crippen molar-refractivity contribution in [2.24, 2.45) is 7.05 Å². The number of aromatic nitrogens is 3. The van der Waals surface area contributed by atoms with Gasteiger partial charge in [-0.25, -0.2) is 13.4 Å². The molecular weight excluding hydrogens is 402 g/mol. The third-order valence-electron chi connectivity index (χ3n) is 5.41. The summed E-state index contributed by atoms with van der Waals surface area (Å²) in [7, 11) is -1.90. The van der Waals surface area contributed by atoms with Gasteiger partial charge in [0, 0.05) is 25.8 Å². The number of aryl methyl sites for hydroxylation is 3. The quantitative estimate of drug-likeness (QED) is 0.690. The molecule has 0 atom stereocenters. The highest BCUT2D eigenvalue weighted by Gasteiger charge is 2.29. The predicted octanol–water partition coefficient (Wildman–Crippen LogP) is 3.01. The molecule has 0 bridgehead atoms. The summed E-state index contributed by atoms with van der Waals surface area (Å²) in [4.78, 5) is 17.8. The van der Waals surface area contributed by atoms with Crippen LogP contribution in [0.5, 0.6) is 0 Å². The molecule has 0 unspecified atom stereocenters. The van der Waals surface area contributed by atoms with Gasteiger partial charge < -0.3 is 5.32 Å². The number of amides is 1. The number of carbonyl (C=O) groups is 1. The van der Waals surface area contributed by atoms with Crippen molar-refractivity contribution in [3.8, 4) is 0 Å². The summed E-state index contributed by atoms with van der Waals surface area (Å²) in [6, 6.07) is 8.26. The zero-order valence-electron chi connectivity index (χ0n) is 17.3. The Hall–Kier alpha value is -2.78. The van der Waals surface area contributed by atoms with Crippen LogP contribution in [-0.4, -0.2) is 46.5 Å². The topological polar surface area (TPSA) is 97.2 Å². The minimum atomic E-state index is -3.69. The molecule has 8 nitrogen and oxygen atoms in total. The molecule has 3 aromatic rings. The van der Waals surface area contributed by atoms with Crippen LogP contribution in [0.3, 0.4) is 0 Å². The molecule has 3 heterocycles. The second-order valence-electron chi connectivity index (χ2n) is 7.63. The van der Waals surface area contributed by atoms with Crippen molar-refractivity contribution in [3.05, 3.63) is 47.3 Å². The highest BCUT2D eigenvalue weighted by atomic mass is 32.2. The van der Waals surface area contributed by atoms with Gasteiger partial charge in [-0.3, -0.25) is 9.48 Å². The van der Waals surface area contributed by atoms with E-state index < -0.39 is 10.0 Å². The molecule has 1 amide bonds. The Morgan fingerprint density at radius 3 is 2.53 bits per heavy atom. The van der Waals surface area contributed by atoms with Crippen molar-refractivity contribution in [1.82, 2.24) is 19.1 Å². The number of nitrogens with one attached hydrogen (secondary N) is 1. The fourth-order valence-corrected chi connectivity index (χ4v) is 5.64. The third kappa shape index (κ3) is 3.59. The van der Waals surface area contributed by atoms with Crippen LogP contribution in [0.2, 0.25) is 0 Å². The number of benzene rings is 1. The summed E-state index contributed by atoms with van der Waals surface area (Å²) in [6.07, 6.45) is 2.73. The third-order valence-corrected chi connectivity index (χ3v) is 7.37. The molecule has 0 spiro atoms. The molecular formula is C21H25N5O3S. The zero-order chi connectivity index (χ0) is 21.5. The molecule has 1 saturated heterocycles. The molecule has 1 fully saturated rings. The number of fused-ring (bicyclic) bond motifs is 1. The Bertz CT molecular complexity index is 1230. The second kappa shape index (κ2) is 7.81. The highest BCUT2D eigenvalue weighted by molar-refractivity contribution is 7.89. The monoisotopic (exact) mass is 427 g/mol. The molecule has 1 aliphatic heterocycles. The summed E-state index contributed by atoms with van der Waals surface area (Å²) >= 11 is 0. The van der Waals surface area contributed by atoms with Gasteiger partial charge in [0.15, 0.2) is 5.65 Å². The van der Waals surface area contributed by atoms with Crippen LogP contribution in [-0.2, 0) is 17.1 Å². The maximum Gasteiger partial charge on any atom is 0.256 e. The molecule has 2 aromatic heterocycles. The molecule has 9 heteroatoms. The number of nitrogens with zero attached hydrogens (tertiary/aromatic N) is 4. The first-order valence-corrected chi connectivity index (χ1v) is 11.4. The Labute approximate surface area is 176 Å². The first-order chi connectivity index (χ1) is 14.3. The molecule has 158 valence electrons. The maximum atomic E-state index is 13.2. The van der Waals surface area contributed by atoms with E-state index in [1.54, 1.807) is 42.1 Å². The lowest BCUT2D eigenvalue weighted by molar-refractivity contribution is 0.102. The van der Waals surface area contributed by atoms with Gasteiger partial charge in [-0.2, -0.15) is 9.40 Å². The van der Waals surface area contributed by atoms with Gasteiger partial charge in [-0.15, -0.1) is 0 Å². The second-order valence-corrected chi connectivity index (χ2v) is 9.54. The SMILES string of the molecule is Cc1cc(C(=O)Nc2ccccc2S(=O)(=O)N2CCCCC2)c2c(C)nn(C)c2n1.